The number of carbonyl (C=O) groups is 2. The lowest BCUT2D eigenvalue weighted by atomic mass is 10.2. The minimum Gasteiger partial charge on any atom is -0.466 e. The van der Waals surface area contributed by atoms with Crippen molar-refractivity contribution in [2.24, 2.45) is 0 Å². The Kier molecular flexibility index (Phi) is 4.95. The second kappa shape index (κ2) is 6.45. The third kappa shape index (κ3) is 3.75. The number of esters is 1. The predicted octanol–water partition coefficient (Wildman–Crippen LogP) is 0.470. The summed E-state index contributed by atoms with van der Waals surface area (Å²) in [6.45, 7) is 0. The van der Waals surface area contributed by atoms with Crippen LogP contribution in [0.5, 0.6) is 0 Å². The van der Waals surface area contributed by atoms with Crippen LogP contribution in [0.15, 0.2) is 24.3 Å². The molecule has 8 nitrogen and oxygen atoms in total. The highest BCUT2D eigenvalue weighted by molar-refractivity contribution is 5.96. The summed E-state index contributed by atoms with van der Waals surface area (Å²) in [5.74, 6) is -1.36. The molecule has 0 heterocycles. The van der Waals surface area contributed by atoms with E-state index in [-0.39, 0.29) is 11.3 Å². The molecule has 1 aromatic rings. The molecule has 1 N–H and O–H groups in total. The van der Waals surface area contributed by atoms with E-state index in [0.29, 0.717) is 0 Å². The Labute approximate surface area is 108 Å². The second-order valence-corrected chi connectivity index (χ2v) is 3.42. The third-order valence-electron chi connectivity index (χ3n) is 2.25. The number of ether oxygens (including phenoxy) is 2. The molecule has 102 valence electrons. The number of nitrogens with one attached hydrogen (secondary N) is 1. The Morgan fingerprint density at radius 2 is 1.84 bits per heavy atom. The van der Waals surface area contributed by atoms with Crippen LogP contribution < -0.4 is 5.32 Å². The molecule has 1 rings (SSSR count). The van der Waals surface area contributed by atoms with Crippen LogP contribution in [0.1, 0.15) is 10.4 Å². The molecule has 1 amide bonds. The maximum absolute atomic E-state index is 11.7. The summed E-state index contributed by atoms with van der Waals surface area (Å²) >= 11 is 0. The van der Waals surface area contributed by atoms with Crippen LogP contribution in [0.3, 0.4) is 0 Å². The van der Waals surface area contributed by atoms with Gasteiger partial charge in [0.1, 0.15) is 0 Å². The lowest BCUT2D eigenvalue weighted by Crippen LogP contribution is -2.42. The van der Waals surface area contributed by atoms with Crippen molar-refractivity contribution in [3.63, 3.8) is 0 Å². The molecule has 0 aliphatic heterocycles. The number of methoxy groups -OCH3 is 2. The molecule has 0 saturated carbocycles. The first-order valence-corrected chi connectivity index (χ1v) is 5.15. The molecular formula is C11H12N2O6. The van der Waals surface area contributed by atoms with Crippen LogP contribution in [0.2, 0.25) is 0 Å². The van der Waals surface area contributed by atoms with Gasteiger partial charge in [-0.1, -0.05) is 0 Å². The number of hydrogen-bond donors (Lipinski definition) is 1. The van der Waals surface area contributed by atoms with Gasteiger partial charge in [-0.3, -0.25) is 14.9 Å². The molecular weight excluding hydrogens is 256 g/mol. The van der Waals surface area contributed by atoms with Crippen molar-refractivity contribution in [2.45, 2.75) is 6.23 Å². The minimum absolute atomic E-state index is 0.132. The first kappa shape index (κ1) is 14.6. The highest BCUT2D eigenvalue weighted by Crippen LogP contribution is 2.11. The number of nitrogens with zero attached hydrogens (tertiary/aromatic N) is 1. The first-order valence-electron chi connectivity index (χ1n) is 5.15. The van der Waals surface area contributed by atoms with E-state index in [4.69, 9.17) is 4.74 Å². The topological polar surface area (TPSA) is 108 Å². The maximum atomic E-state index is 11.7. The number of non-ortho nitro benzene ring substituents is 1. The van der Waals surface area contributed by atoms with E-state index >= 15 is 0 Å². The molecule has 1 aromatic carbocycles. The van der Waals surface area contributed by atoms with Crippen LogP contribution in [-0.2, 0) is 14.3 Å². The highest BCUT2D eigenvalue weighted by atomic mass is 16.6. The zero-order valence-corrected chi connectivity index (χ0v) is 10.3. The van der Waals surface area contributed by atoms with Gasteiger partial charge in [-0.15, -0.1) is 0 Å². The lowest BCUT2D eigenvalue weighted by molar-refractivity contribution is -0.384. The SMILES string of the molecule is COC(=O)C(NC(=O)c1ccc([N+](=O)[O-])cc1)OC. The van der Waals surface area contributed by atoms with Crippen molar-refractivity contribution in [1.29, 1.82) is 0 Å². The average molecular weight is 268 g/mol. The monoisotopic (exact) mass is 268 g/mol. The van der Waals surface area contributed by atoms with Gasteiger partial charge in [-0.05, 0) is 12.1 Å². The Morgan fingerprint density at radius 3 is 2.26 bits per heavy atom. The van der Waals surface area contributed by atoms with Crippen LogP contribution in [-0.4, -0.2) is 37.2 Å². The summed E-state index contributed by atoms with van der Waals surface area (Å²) < 4.78 is 9.16. The molecule has 8 heteroatoms. The van der Waals surface area contributed by atoms with Gasteiger partial charge in [-0.25, -0.2) is 4.79 Å². The van der Waals surface area contributed by atoms with E-state index in [9.17, 15) is 19.7 Å². The molecule has 0 fully saturated rings. The quantitative estimate of drug-likeness (QED) is 0.360. The summed E-state index contributed by atoms with van der Waals surface area (Å²) in [6, 6.07) is 4.93. The number of hydrogen-bond acceptors (Lipinski definition) is 6. The lowest BCUT2D eigenvalue weighted by Gasteiger charge is -2.14. The molecule has 0 spiro atoms. The standard InChI is InChI=1S/C11H12N2O6/c1-18-10(11(15)19-2)12-9(14)7-3-5-8(6-4-7)13(16)17/h3-6,10H,1-2H3,(H,12,14). The van der Waals surface area contributed by atoms with Crippen molar-refractivity contribution < 1.29 is 24.0 Å². The van der Waals surface area contributed by atoms with Crippen molar-refractivity contribution >= 4 is 17.6 Å². The summed E-state index contributed by atoms with van der Waals surface area (Å²) in [5.41, 5.74) is 0.0318. The Bertz CT molecular complexity index is 484. The molecule has 0 aromatic heterocycles. The van der Waals surface area contributed by atoms with Gasteiger partial charge < -0.3 is 14.8 Å². The minimum atomic E-state index is -1.23. The second-order valence-electron chi connectivity index (χ2n) is 3.42. The van der Waals surface area contributed by atoms with Crippen molar-refractivity contribution in [2.75, 3.05) is 14.2 Å². The zero-order chi connectivity index (χ0) is 14.4. The highest BCUT2D eigenvalue weighted by Gasteiger charge is 2.21. The van der Waals surface area contributed by atoms with Crippen molar-refractivity contribution in [3.8, 4) is 0 Å². The number of nitro groups is 1. The molecule has 19 heavy (non-hydrogen) atoms. The molecule has 0 saturated heterocycles. The van der Waals surface area contributed by atoms with Gasteiger partial charge in [-0.2, -0.15) is 0 Å². The van der Waals surface area contributed by atoms with Gasteiger partial charge in [0.15, 0.2) is 0 Å². The Hall–Kier alpha value is -2.48. The molecule has 0 radical (unpaired) electrons. The van der Waals surface area contributed by atoms with Crippen molar-refractivity contribution in [1.82, 2.24) is 5.32 Å². The van der Waals surface area contributed by atoms with E-state index < -0.39 is 23.0 Å². The van der Waals surface area contributed by atoms with E-state index in [1.54, 1.807) is 0 Å². The van der Waals surface area contributed by atoms with Crippen LogP contribution >= 0.6 is 0 Å². The fraction of sp³-hybridized carbons (Fsp3) is 0.273. The fourth-order valence-electron chi connectivity index (χ4n) is 1.26. The molecule has 0 aliphatic rings. The number of carbonyl (C=O) groups excluding carboxylic acids is 2. The van der Waals surface area contributed by atoms with Crippen LogP contribution in [0.25, 0.3) is 0 Å². The van der Waals surface area contributed by atoms with E-state index in [1.807, 2.05) is 0 Å². The fourth-order valence-corrected chi connectivity index (χ4v) is 1.26. The van der Waals surface area contributed by atoms with Gasteiger partial charge in [0.2, 0.25) is 6.23 Å². The number of benzene rings is 1. The van der Waals surface area contributed by atoms with Gasteiger partial charge in [0.25, 0.3) is 11.6 Å². The van der Waals surface area contributed by atoms with E-state index in [2.05, 4.69) is 10.1 Å². The maximum Gasteiger partial charge on any atom is 0.356 e. The Morgan fingerprint density at radius 1 is 1.26 bits per heavy atom. The summed E-state index contributed by atoms with van der Waals surface area (Å²) in [4.78, 5) is 32.8. The molecule has 0 aliphatic carbocycles. The van der Waals surface area contributed by atoms with Crippen LogP contribution in [0, 0.1) is 10.1 Å². The van der Waals surface area contributed by atoms with E-state index in [1.165, 1.54) is 31.4 Å². The summed E-state index contributed by atoms with van der Waals surface area (Å²) in [6.07, 6.45) is -1.23. The first-order chi connectivity index (χ1) is 8.99. The smallest absolute Gasteiger partial charge is 0.356 e. The number of nitro benzene ring substituents is 1. The molecule has 1 unspecified atom stereocenters. The van der Waals surface area contributed by atoms with E-state index in [0.717, 1.165) is 7.11 Å². The van der Waals surface area contributed by atoms with Gasteiger partial charge >= 0.3 is 5.97 Å². The predicted molar refractivity (Wildman–Crippen MR) is 63.4 cm³/mol. The summed E-state index contributed by atoms with van der Waals surface area (Å²) in [5, 5.41) is 12.7. The molecule has 0 bridgehead atoms. The van der Waals surface area contributed by atoms with Crippen LogP contribution in [0.4, 0.5) is 5.69 Å². The zero-order valence-electron chi connectivity index (χ0n) is 10.3. The Balaban J connectivity index is 2.77. The summed E-state index contributed by atoms with van der Waals surface area (Å²) in [7, 11) is 2.39. The normalized spacial score (nSPS) is 11.5. The third-order valence-corrected chi connectivity index (χ3v) is 2.25. The number of rotatable bonds is 5. The van der Waals surface area contributed by atoms with Gasteiger partial charge in [0.05, 0.1) is 12.0 Å². The van der Waals surface area contributed by atoms with Crippen molar-refractivity contribution in [3.05, 3.63) is 39.9 Å². The number of amides is 1. The largest absolute Gasteiger partial charge is 0.466 e. The average Bonchev–Trinajstić information content (AvgIpc) is 2.43. The van der Waals surface area contributed by atoms with Gasteiger partial charge in [0, 0.05) is 24.8 Å². The molecule has 1 atom stereocenters.